The van der Waals surface area contributed by atoms with Crippen molar-refractivity contribution in [1.82, 2.24) is 4.98 Å². The molecule has 0 radical (unpaired) electrons. The van der Waals surface area contributed by atoms with E-state index in [1.54, 1.807) is 30.1 Å². The molecule has 0 saturated heterocycles. The van der Waals surface area contributed by atoms with Gasteiger partial charge in [0.05, 0.1) is 11.9 Å². The fourth-order valence-corrected chi connectivity index (χ4v) is 1.37. The van der Waals surface area contributed by atoms with Gasteiger partial charge >= 0.3 is 0 Å². The number of aromatic nitrogens is 1. The van der Waals surface area contributed by atoms with Crippen molar-refractivity contribution in [3.8, 4) is 0 Å². The van der Waals surface area contributed by atoms with Gasteiger partial charge in [0, 0.05) is 12.2 Å². The lowest BCUT2D eigenvalue weighted by Gasteiger charge is -2.03. The summed E-state index contributed by atoms with van der Waals surface area (Å²) >= 11 is 7.25. The van der Waals surface area contributed by atoms with Gasteiger partial charge in [0.1, 0.15) is 5.15 Å². The van der Waals surface area contributed by atoms with E-state index in [-0.39, 0.29) is 5.91 Å². The predicted molar refractivity (Wildman–Crippen MR) is 60.9 cm³/mol. The van der Waals surface area contributed by atoms with Gasteiger partial charge in [-0.1, -0.05) is 11.6 Å². The standard InChI is InChI=1S/C9H11ClN2OS/c1-14-5-4-9(13)12-7-2-3-8(10)11-6-7/h2-3,6H,4-5H2,1H3,(H,12,13). The van der Waals surface area contributed by atoms with Gasteiger partial charge in [-0.2, -0.15) is 11.8 Å². The number of carbonyl (C=O) groups excluding carboxylic acids is 1. The summed E-state index contributed by atoms with van der Waals surface area (Å²) in [6.45, 7) is 0. The van der Waals surface area contributed by atoms with E-state index in [9.17, 15) is 4.79 Å². The third-order valence-electron chi connectivity index (χ3n) is 1.54. The number of anilines is 1. The summed E-state index contributed by atoms with van der Waals surface area (Å²) in [5.74, 6) is 0.829. The summed E-state index contributed by atoms with van der Waals surface area (Å²) in [6.07, 6.45) is 4.03. The highest BCUT2D eigenvalue weighted by Gasteiger charge is 2.01. The van der Waals surface area contributed by atoms with Crippen molar-refractivity contribution >= 4 is 35.0 Å². The minimum absolute atomic E-state index is 0.00322. The number of carbonyl (C=O) groups is 1. The van der Waals surface area contributed by atoms with Gasteiger partial charge in [-0.05, 0) is 18.4 Å². The van der Waals surface area contributed by atoms with E-state index in [4.69, 9.17) is 11.6 Å². The Morgan fingerprint density at radius 2 is 2.43 bits per heavy atom. The van der Waals surface area contributed by atoms with Gasteiger partial charge < -0.3 is 5.32 Å². The smallest absolute Gasteiger partial charge is 0.225 e. The van der Waals surface area contributed by atoms with E-state index in [0.29, 0.717) is 17.3 Å². The van der Waals surface area contributed by atoms with Crippen LogP contribution in [0, 0.1) is 0 Å². The average molecular weight is 231 g/mol. The second kappa shape index (κ2) is 5.88. The Kier molecular flexibility index (Phi) is 4.76. The van der Waals surface area contributed by atoms with Crippen molar-refractivity contribution in [2.24, 2.45) is 0 Å². The number of nitrogens with one attached hydrogen (secondary N) is 1. The fourth-order valence-electron chi connectivity index (χ4n) is 0.868. The fraction of sp³-hybridized carbons (Fsp3) is 0.333. The number of amides is 1. The van der Waals surface area contributed by atoms with Gasteiger partial charge in [0.2, 0.25) is 5.91 Å². The number of rotatable bonds is 4. The highest BCUT2D eigenvalue weighted by Crippen LogP contribution is 2.10. The molecule has 0 unspecified atom stereocenters. The number of hydrogen-bond acceptors (Lipinski definition) is 3. The molecule has 0 spiro atoms. The molecule has 14 heavy (non-hydrogen) atoms. The van der Waals surface area contributed by atoms with E-state index >= 15 is 0 Å². The lowest BCUT2D eigenvalue weighted by Crippen LogP contribution is -2.12. The molecule has 0 bridgehead atoms. The van der Waals surface area contributed by atoms with Crippen LogP contribution in [0.25, 0.3) is 0 Å². The Morgan fingerprint density at radius 3 is 3.00 bits per heavy atom. The number of halogens is 1. The molecule has 1 aromatic rings. The van der Waals surface area contributed by atoms with Crippen LogP contribution in [0.2, 0.25) is 5.15 Å². The maximum atomic E-state index is 11.3. The molecule has 0 atom stereocenters. The van der Waals surface area contributed by atoms with Crippen molar-refractivity contribution in [3.05, 3.63) is 23.5 Å². The molecule has 0 aliphatic rings. The Bertz CT molecular complexity index is 302. The molecule has 0 saturated carbocycles. The van der Waals surface area contributed by atoms with Crippen molar-refractivity contribution in [2.75, 3.05) is 17.3 Å². The van der Waals surface area contributed by atoms with Crippen LogP contribution in [0.5, 0.6) is 0 Å². The van der Waals surface area contributed by atoms with Crippen LogP contribution in [-0.4, -0.2) is 22.9 Å². The van der Waals surface area contributed by atoms with Crippen LogP contribution in [0.15, 0.2) is 18.3 Å². The Morgan fingerprint density at radius 1 is 1.64 bits per heavy atom. The van der Waals surface area contributed by atoms with Crippen molar-refractivity contribution < 1.29 is 4.79 Å². The van der Waals surface area contributed by atoms with Gasteiger partial charge in [0.15, 0.2) is 0 Å². The molecule has 76 valence electrons. The molecule has 0 fully saturated rings. The maximum Gasteiger partial charge on any atom is 0.225 e. The Balaban J connectivity index is 2.44. The lowest BCUT2D eigenvalue weighted by molar-refractivity contribution is -0.115. The number of pyridine rings is 1. The first-order valence-corrected chi connectivity index (χ1v) is 5.90. The quantitative estimate of drug-likeness (QED) is 0.808. The second-order valence-corrected chi connectivity index (χ2v) is 4.03. The highest BCUT2D eigenvalue weighted by molar-refractivity contribution is 7.98. The molecular formula is C9H11ClN2OS. The van der Waals surface area contributed by atoms with E-state index in [1.807, 2.05) is 6.26 Å². The van der Waals surface area contributed by atoms with Gasteiger partial charge in [-0.3, -0.25) is 4.79 Å². The number of thioether (sulfide) groups is 1. The topological polar surface area (TPSA) is 42.0 Å². The SMILES string of the molecule is CSCCC(=O)Nc1ccc(Cl)nc1. The monoisotopic (exact) mass is 230 g/mol. The number of hydrogen-bond donors (Lipinski definition) is 1. The third kappa shape index (κ3) is 3.98. The van der Waals surface area contributed by atoms with Crippen LogP contribution >= 0.6 is 23.4 Å². The van der Waals surface area contributed by atoms with Crippen molar-refractivity contribution in [1.29, 1.82) is 0 Å². The molecule has 1 heterocycles. The van der Waals surface area contributed by atoms with Gasteiger partial charge in [0.25, 0.3) is 0 Å². The molecule has 1 N–H and O–H groups in total. The van der Waals surface area contributed by atoms with Crippen LogP contribution < -0.4 is 5.32 Å². The Labute approximate surface area is 92.2 Å². The molecule has 1 rings (SSSR count). The van der Waals surface area contributed by atoms with Crippen LogP contribution in [0.4, 0.5) is 5.69 Å². The zero-order chi connectivity index (χ0) is 10.4. The maximum absolute atomic E-state index is 11.3. The average Bonchev–Trinajstić information content (AvgIpc) is 2.18. The minimum Gasteiger partial charge on any atom is -0.325 e. The third-order valence-corrected chi connectivity index (χ3v) is 2.38. The van der Waals surface area contributed by atoms with Crippen LogP contribution in [0.3, 0.4) is 0 Å². The summed E-state index contributed by atoms with van der Waals surface area (Å²) in [5, 5.41) is 3.15. The molecule has 5 heteroatoms. The van der Waals surface area contributed by atoms with Gasteiger partial charge in [-0.25, -0.2) is 4.98 Å². The molecule has 0 aliphatic heterocycles. The van der Waals surface area contributed by atoms with E-state index in [1.165, 1.54) is 0 Å². The van der Waals surface area contributed by atoms with Gasteiger partial charge in [-0.15, -0.1) is 0 Å². The summed E-state index contributed by atoms with van der Waals surface area (Å²) in [6, 6.07) is 3.37. The molecule has 0 aliphatic carbocycles. The van der Waals surface area contributed by atoms with Crippen LogP contribution in [0.1, 0.15) is 6.42 Å². The van der Waals surface area contributed by atoms with E-state index in [0.717, 1.165) is 5.75 Å². The first-order chi connectivity index (χ1) is 6.72. The molecular weight excluding hydrogens is 220 g/mol. The van der Waals surface area contributed by atoms with Crippen molar-refractivity contribution in [3.63, 3.8) is 0 Å². The lowest BCUT2D eigenvalue weighted by atomic mass is 10.4. The Hall–Kier alpha value is -0.740. The largest absolute Gasteiger partial charge is 0.325 e. The summed E-state index contributed by atoms with van der Waals surface area (Å²) in [7, 11) is 0. The highest BCUT2D eigenvalue weighted by atomic mass is 35.5. The molecule has 3 nitrogen and oxygen atoms in total. The first kappa shape index (κ1) is 11.3. The zero-order valence-corrected chi connectivity index (χ0v) is 9.36. The molecule has 1 amide bonds. The molecule has 1 aromatic heterocycles. The number of nitrogens with zero attached hydrogens (tertiary/aromatic N) is 1. The normalized spacial score (nSPS) is 9.86. The van der Waals surface area contributed by atoms with Crippen molar-refractivity contribution in [2.45, 2.75) is 6.42 Å². The minimum atomic E-state index is 0.00322. The van der Waals surface area contributed by atoms with E-state index in [2.05, 4.69) is 10.3 Å². The summed E-state index contributed by atoms with van der Waals surface area (Å²) in [5.41, 5.74) is 0.681. The first-order valence-electron chi connectivity index (χ1n) is 4.12. The van der Waals surface area contributed by atoms with Crippen LogP contribution in [-0.2, 0) is 4.79 Å². The molecule has 0 aromatic carbocycles. The predicted octanol–water partition coefficient (Wildman–Crippen LogP) is 2.43. The summed E-state index contributed by atoms with van der Waals surface area (Å²) in [4.78, 5) is 15.1. The van der Waals surface area contributed by atoms with E-state index < -0.39 is 0 Å². The second-order valence-electron chi connectivity index (χ2n) is 2.66. The zero-order valence-electron chi connectivity index (χ0n) is 7.79. The summed E-state index contributed by atoms with van der Waals surface area (Å²) < 4.78 is 0.